The van der Waals surface area contributed by atoms with Gasteiger partial charge < -0.3 is 19.9 Å². The fraction of sp³-hybridized carbons (Fsp3) is 0.333. The monoisotopic (exact) mass is 651 g/mol. The Morgan fingerprint density at radius 2 is 1.35 bits per heavy atom. The van der Waals surface area contributed by atoms with Crippen LogP contribution < -0.4 is 10.8 Å². The standard InChI is InChI=1S/C39H45N3O6/c43-28-31-19-21-32(22-20-31)36-24-35(27-42(25-29-11-4-1-5-12-29)26-30-13-6-2-7-14-30)47-39(48-36)33-15-10-16-34(23-33)40-37(44)17-8-3-9-18-38(45)41-46/h1-2,4-7,10-16,19-23,35-36,39,43,46H,3,8-9,17-18,24-28H2,(H,40,44)(H,41,45)/t35-,36+,39+/m0/s1. The first-order chi connectivity index (χ1) is 23.5. The van der Waals surface area contributed by atoms with Crippen molar-refractivity contribution in [2.45, 2.75) is 76.7 Å². The molecule has 0 aliphatic carbocycles. The Balaban J connectivity index is 1.31. The minimum Gasteiger partial charge on any atom is -0.392 e. The van der Waals surface area contributed by atoms with Crippen molar-refractivity contribution < 1.29 is 29.4 Å². The van der Waals surface area contributed by atoms with E-state index in [0.717, 1.165) is 29.8 Å². The van der Waals surface area contributed by atoms with Crippen molar-refractivity contribution in [3.8, 4) is 0 Å². The first-order valence-electron chi connectivity index (χ1n) is 16.6. The highest BCUT2D eigenvalue weighted by molar-refractivity contribution is 5.90. The summed E-state index contributed by atoms with van der Waals surface area (Å²) in [7, 11) is 0. The maximum absolute atomic E-state index is 12.7. The zero-order chi connectivity index (χ0) is 33.6. The minimum atomic E-state index is -0.656. The second-order valence-electron chi connectivity index (χ2n) is 12.3. The van der Waals surface area contributed by atoms with Gasteiger partial charge in [-0.05, 0) is 47.2 Å². The van der Waals surface area contributed by atoms with E-state index in [1.54, 1.807) is 5.48 Å². The lowest BCUT2D eigenvalue weighted by Gasteiger charge is -2.38. The number of hydrogen-bond donors (Lipinski definition) is 4. The Morgan fingerprint density at radius 3 is 1.98 bits per heavy atom. The highest BCUT2D eigenvalue weighted by Gasteiger charge is 2.33. The van der Waals surface area contributed by atoms with Crippen molar-refractivity contribution in [2.24, 2.45) is 0 Å². The Hall–Kier alpha value is -4.38. The number of benzene rings is 4. The van der Waals surface area contributed by atoms with Gasteiger partial charge in [0.15, 0.2) is 6.29 Å². The predicted molar refractivity (Wildman–Crippen MR) is 184 cm³/mol. The van der Waals surface area contributed by atoms with Crippen molar-refractivity contribution in [2.75, 3.05) is 11.9 Å². The average molecular weight is 652 g/mol. The van der Waals surface area contributed by atoms with Gasteiger partial charge >= 0.3 is 0 Å². The van der Waals surface area contributed by atoms with Crippen LogP contribution in [0.1, 0.15) is 78.7 Å². The fourth-order valence-corrected chi connectivity index (χ4v) is 5.98. The van der Waals surface area contributed by atoms with E-state index >= 15 is 0 Å². The van der Waals surface area contributed by atoms with E-state index < -0.39 is 12.2 Å². The molecule has 1 fully saturated rings. The molecule has 0 aromatic heterocycles. The lowest BCUT2D eigenvalue weighted by molar-refractivity contribution is -0.253. The summed E-state index contributed by atoms with van der Waals surface area (Å²) in [5.74, 6) is -0.531. The van der Waals surface area contributed by atoms with Crippen LogP contribution >= 0.6 is 0 Å². The maximum atomic E-state index is 12.7. The van der Waals surface area contributed by atoms with Gasteiger partial charge in [-0.3, -0.25) is 19.7 Å². The Labute approximate surface area is 282 Å². The second-order valence-corrected chi connectivity index (χ2v) is 12.3. The van der Waals surface area contributed by atoms with Gasteiger partial charge in [0, 0.05) is 50.1 Å². The molecule has 0 saturated carbocycles. The lowest BCUT2D eigenvalue weighted by Crippen LogP contribution is -2.39. The molecule has 5 rings (SSSR count). The molecule has 4 aromatic carbocycles. The van der Waals surface area contributed by atoms with Crippen molar-refractivity contribution in [3.05, 3.63) is 137 Å². The van der Waals surface area contributed by atoms with Crippen molar-refractivity contribution in [1.82, 2.24) is 10.4 Å². The topological polar surface area (TPSA) is 120 Å². The molecule has 4 aromatic rings. The summed E-state index contributed by atoms with van der Waals surface area (Å²) in [4.78, 5) is 26.3. The van der Waals surface area contributed by atoms with Crippen LogP contribution in [0.4, 0.5) is 5.69 Å². The third kappa shape index (κ3) is 10.8. The molecular weight excluding hydrogens is 606 g/mol. The lowest BCUT2D eigenvalue weighted by atomic mass is 9.99. The number of hydroxylamine groups is 1. The quantitative estimate of drug-likeness (QED) is 0.0596. The summed E-state index contributed by atoms with van der Waals surface area (Å²) in [5, 5.41) is 21.2. The maximum Gasteiger partial charge on any atom is 0.243 e. The molecule has 1 saturated heterocycles. The van der Waals surface area contributed by atoms with Crippen LogP contribution in [0.2, 0.25) is 0 Å². The number of ether oxygens (including phenoxy) is 2. The SMILES string of the molecule is O=C(CCCCCC(=O)Nc1cccc([C@@H]2O[C@H](CN(Cc3ccccc3)Cc3ccccc3)C[C@H](c3ccc(CO)cc3)O2)c1)NO. The van der Waals surface area contributed by atoms with Crippen molar-refractivity contribution in [3.63, 3.8) is 0 Å². The third-order valence-electron chi connectivity index (χ3n) is 8.45. The van der Waals surface area contributed by atoms with Crippen LogP contribution in [0.25, 0.3) is 0 Å². The van der Waals surface area contributed by atoms with E-state index in [1.165, 1.54) is 11.1 Å². The number of carbonyl (C=O) groups is 2. The molecule has 9 heteroatoms. The van der Waals surface area contributed by atoms with E-state index in [2.05, 4.69) is 58.7 Å². The third-order valence-corrected chi connectivity index (χ3v) is 8.45. The van der Waals surface area contributed by atoms with Gasteiger partial charge in [0.1, 0.15) is 0 Å². The summed E-state index contributed by atoms with van der Waals surface area (Å²) in [6.45, 7) is 2.21. The van der Waals surface area contributed by atoms with Gasteiger partial charge in [0.05, 0.1) is 18.8 Å². The van der Waals surface area contributed by atoms with E-state index in [4.69, 9.17) is 14.7 Å². The van der Waals surface area contributed by atoms with Gasteiger partial charge in [0.2, 0.25) is 11.8 Å². The first kappa shape index (κ1) is 34.9. The smallest absolute Gasteiger partial charge is 0.243 e. The van der Waals surface area contributed by atoms with Crippen LogP contribution in [-0.2, 0) is 38.8 Å². The van der Waals surface area contributed by atoms with Crippen molar-refractivity contribution >= 4 is 17.5 Å². The molecule has 0 bridgehead atoms. The van der Waals surface area contributed by atoms with E-state index in [-0.39, 0.29) is 31.1 Å². The molecule has 1 aliphatic heterocycles. The summed E-state index contributed by atoms with van der Waals surface area (Å²) >= 11 is 0. The second kappa shape index (κ2) is 18.2. The number of rotatable bonds is 16. The van der Waals surface area contributed by atoms with Crippen LogP contribution in [0.3, 0.4) is 0 Å². The highest BCUT2D eigenvalue weighted by atomic mass is 16.7. The minimum absolute atomic E-state index is 0.0204. The van der Waals surface area contributed by atoms with Gasteiger partial charge in [-0.2, -0.15) is 0 Å². The molecule has 9 nitrogen and oxygen atoms in total. The predicted octanol–water partition coefficient (Wildman–Crippen LogP) is 6.82. The highest BCUT2D eigenvalue weighted by Crippen LogP contribution is 2.39. The average Bonchev–Trinajstić information content (AvgIpc) is 3.12. The first-order valence-corrected chi connectivity index (χ1v) is 16.6. The zero-order valence-electron chi connectivity index (χ0n) is 27.2. The number of anilines is 1. The van der Waals surface area contributed by atoms with E-state index in [1.807, 2.05) is 60.7 Å². The molecule has 0 spiro atoms. The van der Waals surface area contributed by atoms with Gasteiger partial charge in [-0.1, -0.05) is 103 Å². The number of unbranched alkanes of at least 4 members (excludes halogenated alkanes) is 2. The molecule has 3 atom stereocenters. The van der Waals surface area contributed by atoms with Crippen LogP contribution in [0, 0.1) is 0 Å². The Morgan fingerprint density at radius 1 is 0.708 bits per heavy atom. The number of nitrogens with one attached hydrogen (secondary N) is 2. The largest absolute Gasteiger partial charge is 0.392 e. The molecular formula is C39H45N3O6. The van der Waals surface area contributed by atoms with Gasteiger partial charge in [0.25, 0.3) is 0 Å². The molecule has 1 aliphatic rings. The molecule has 48 heavy (non-hydrogen) atoms. The van der Waals surface area contributed by atoms with Crippen molar-refractivity contribution in [1.29, 1.82) is 0 Å². The van der Waals surface area contributed by atoms with Gasteiger partial charge in [-0.15, -0.1) is 0 Å². The molecule has 2 amide bonds. The number of amides is 2. The number of aliphatic hydroxyl groups excluding tert-OH is 1. The molecule has 0 radical (unpaired) electrons. The van der Waals surface area contributed by atoms with Crippen LogP contribution in [0.15, 0.2) is 109 Å². The Bertz CT molecular complexity index is 1530. The number of aliphatic hydroxyl groups is 1. The zero-order valence-corrected chi connectivity index (χ0v) is 27.2. The number of nitrogens with zero attached hydrogens (tertiary/aromatic N) is 1. The van der Waals surface area contributed by atoms with E-state index in [9.17, 15) is 14.7 Å². The number of hydrogen-bond acceptors (Lipinski definition) is 7. The number of carbonyl (C=O) groups excluding carboxylic acids is 2. The summed E-state index contributed by atoms with van der Waals surface area (Å²) < 4.78 is 13.3. The summed E-state index contributed by atoms with van der Waals surface area (Å²) in [6.07, 6.45) is 2.12. The summed E-state index contributed by atoms with van der Waals surface area (Å²) in [5.41, 5.74) is 7.41. The van der Waals surface area contributed by atoms with Crippen LogP contribution in [0.5, 0.6) is 0 Å². The summed E-state index contributed by atoms with van der Waals surface area (Å²) in [6, 6.07) is 36.3. The van der Waals surface area contributed by atoms with Gasteiger partial charge in [-0.25, -0.2) is 5.48 Å². The molecule has 4 N–H and O–H groups in total. The molecule has 252 valence electrons. The van der Waals surface area contributed by atoms with Crippen LogP contribution in [-0.4, -0.2) is 39.7 Å². The Kier molecular flexibility index (Phi) is 13.3. The molecule has 0 unspecified atom stereocenters. The normalized spacial score (nSPS) is 17.6. The fourth-order valence-electron chi connectivity index (χ4n) is 5.98. The molecule has 1 heterocycles. The van der Waals surface area contributed by atoms with E-state index in [0.29, 0.717) is 44.3 Å².